The van der Waals surface area contributed by atoms with E-state index in [1.54, 1.807) is 11.3 Å². The largest absolute Gasteiger partial charge is 0.465 e. The van der Waals surface area contributed by atoms with Gasteiger partial charge < -0.3 is 4.42 Å². The fraction of sp³-hybridized carbons (Fsp3) is 0.588. The summed E-state index contributed by atoms with van der Waals surface area (Å²) in [6, 6.07) is 4.93. The molecule has 4 heterocycles. The van der Waals surface area contributed by atoms with Gasteiger partial charge in [-0.3, -0.25) is 9.80 Å². The van der Waals surface area contributed by atoms with Crippen molar-refractivity contribution in [2.24, 2.45) is 5.92 Å². The van der Waals surface area contributed by atoms with Gasteiger partial charge >= 0.3 is 0 Å². The van der Waals surface area contributed by atoms with Gasteiger partial charge in [0.2, 0.25) is 0 Å². The zero-order chi connectivity index (χ0) is 14.9. The first-order chi connectivity index (χ1) is 10.8. The SMILES string of the molecule is Cc1ccc(CN2CC[C@@H]3[C@@H](CCN3Cc3nccs3)C2)o1. The molecule has 0 aliphatic carbocycles. The van der Waals surface area contributed by atoms with Crippen molar-refractivity contribution < 1.29 is 4.42 Å². The van der Waals surface area contributed by atoms with Crippen LogP contribution in [0.5, 0.6) is 0 Å². The average molecular weight is 317 g/mol. The molecule has 0 saturated carbocycles. The number of aryl methyl sites for hydroxylation is 1. The fourth-order valence-corrected chi connectivity index (χ4v) is 4.63. The molecule has 0 radical (unpaired) electrons. The van der Waals surface area contributed by atoms with E-state index in [2.05, 4.69) is 32.3 Å². The average Bonchev–Trinajstić information content (AvgIpc) is 3.23. The van der Waals surface area contributed by atoms with E-state index in [1.807, 2.05) is 13.1 Å². The van der Waals surface area contributed by atoms with E-state index < -0.39 is 0 Å². The van der Waals surface area contributed by atoms with E-state index in [4.69, 9.17) is 4.42 Å². The molecule has 0 aromatic carbocycles. The highest BCUT2D eigenvalue weighted by Crippen LogP contribution is 2.33. The Labute approximate surface area is 135 Å². The molecule has 2 atom stereocenters. The van der Waals surface area contributed by atoms with Crippen LogP contribution in [0.1, 0.15) is 29.4 Å². The minimum atomic E-state index is 0.749. The molecule has 0 amide bonds. The Hall–Kier alpha value is -1.17. The molecule has 2 aliphatic rings. The number of furan rings is 1. The summed E-state index contributed by atoms with van der Waals surface area (Å²) in [4.78, 5) is 9.66. The molecule has 0 N–H and O–H groups in total. The molecule has 2 aromatic rings. The monoisotopic (exact) mass is 317 g/mol. The third-order valence-corrected chi connectivity index (χ3v) is 5.80. The third kappa shape index (κ3) is 2.98. The van der Waals surface area contributed by atoms with Crippen LogP contribution in [0.25, 0.3) is 0 Å². The maximum absolute atomic E-state index is 5.73. The fourth-order valence-electron chi connectivity index (χ4n) is 3.99. The first kappa shape index (κ1) is 14.4. The number of hydrogen-bond acceptors (Lipinski definition) is 5. The van der Waals surface area contributed by atoms with Crippen LogP contribution in [0.2, 0.25) is 0 Å². The second-order valence-corrected chi connectivity index (χ2v) is 7.53. The normalized spacial score (nSPS) is 26.4. The van der Waals surface area contributed by atoms with Gasteiger partial charge in [-0.15, -0.1) is 11.3 Å². The van der Waals surface area contributed by atoms with Crippen LogP contribution < -0.4 is 0 Å². The second kappa shape index (κ2) is 6.14. The molecule has 2 fully saturated rings. The lowest BCUT2D eigenvalue weighted by molar-refractivity contribution is 0.0981. The number of rotatable bonds is 4. The Morgan fingerprint density at radius 2 is 2.23 bits per heavy atom. The molecule has 0 spiro atoms. The van der Waals surface area contributed by atoms with Gasteiger partial charge in [0, 0.05) is 30.7 Å². The van der Waals surface area contributed by atoms with Crippen LogP contribution in [-0.2, 0) is 13.1 Å². The maximum atomic E-state index is 5.73. The Balaban J connectivity index is 1.35. The summed E-state index contributed by atoms with van der Waals surface area (Å²) in [6.45, 7) is 7.62. The van der Waals surface area contributed by atoms with E-state index >= 15 is 0 Å². The molecule has 22 heavy (non-hydrogen) atoms. The molecule has 4 rings (SSSR count). The minimum absolute atomic E-state index is 0.749. The van der Waals surface area contributed by atoms with Gasteiger partial charge in [-0.1, -0.05) is 0 Å². The van der Waals surface area contributed by atoms with E-state index in [-0.39, 0.29) is 0 Å². The molecule has 2 aromatic heterocycles. The van der Waals surface area contributed by atoms with Gasteiger partial charge in [0.1, 0.15) is 16.5 Å². The number of piperidine rings is 1. The van der Waals surface area contributed by atoms with E-state index in [9.17, 15) is 0 Å². The van der Waals surface area contributed by atoms with Crippen LogP contribution in [0, 0.1) is 12.8 Å². The summed E-state index contributed by atoms with van der Waals surface area (Å²) in [5, 5.41) is 3.34. The van der Waals surface area contributed by atoms with Gasteiger partial charge in [-0.05, 0) is 44.4 Å². The molecule has 0 unspecified atom stereocenters. The smallest absolute Gasteiger partial charge is 0.118 e. The molecular weight excluding hydrogens is 294 g/mol. The van der Waals surface area contributed by atoms with Crippen molar-refractivity contribution in [3.05, 3.63) is 40.2 Å². The van der Waals surface area contributed by atoms with Crippen LogP contribution in [-0.4, -0.2) is 40.5 Å². The summed E-state index contributed by atoms with van der Waals surface area (Å²) in [6.07, 6.45) is 4.51. The summed E-state index contributed by atoms with van der Waals surface area (Å²) >= 11 is 1.78. The van der Waals surface area contributed by atoms with Crippen molar-refractivity contribution in [2.45, 2.75) is 38.9 Å². The van der Waals surface area contributed by atoms with E-state index in [1.165, 1.54) is 37.5 Å². The van der Waals surface area contributed by atoms with Crippen LogP contribution in [0.4, 0.5) is 0 Å². The standard InChI is InChI=1S/C17H23N3OS/c1-13-2-3-15(21-13)11-19-7-5-16-14(10-19)4-8-20(16)12-17-18-6-9-22-17/h2-3,6,9,14,16H,4-5,7-8,10-12H2,1H3/t14-,16+/m0/s1. The first-order valence-electron chi connectivity index (χ1n) is 8.18. The highest BCUT2D eigenvalue weighted by molar-refractivity contribution is 7.09. The van der Waals surface area contributed by atoms with Gasteiger partial charge in [-0.25, -0.2) is 4.98 Å². The van der Waals surface area contributed by atoms with Crippen LogP contribution in [0.3, 0.4) is 0 Å². The zero-order valence-corrected chi connectivity index (χ0v) is 13.9. The Morgan fingerprint density at radius 1 is 1.27 bits per heavy atom. The number of fused-ring (bicyclic) bond motifs is 1. The van der Waals surface area contributed by atoms with Gasteiger partial charge in [-0.2, -0.15) is 0 Å². The van der Waals surface area contributed by atoms with Crippen molar-refractivity contribution in [1.82, 2.24) is 14.8 Å². The van der Waals surface area contributed by atoms with Crippen molar-refractivity contribution in [1.29, 1.82) is 0 Å². The van der Waals surface area contributed by atoms with E-state index in [0.29, 0.717) is 0 Å². The molecule has 0 bridgehead atoms. The number of aromatic nitrogens is 1. The molecule has 2 saturated heterocycles. The van der Waals surface area contributed by atoms with Crippen molar-refractivity contribution >= 4 is 11.3 Å². The highest BCUT2D eigenvalue weighted by atomic mass is 32.1. The van der Waals surface area contributed by atoms with Crippen molar-refractivity contribution in [3.8, 4) is 0 Å². The summed E-state index contributed by atoms with van der Waals surface area (Å²) in [5.41, 5.74) is 0. The van der Waals surface area contributed by atoms with Gasteiger partial charge in [0.15, 0.2) is 0 Å². The number of thiazole rings is 1. The lowest BCUT2D eigenvalue weighted by atomic mass is 9.93. The Kier molecular flexibility index (Phi) is 4.03. The third-order valence-electron chi connectivity index (χ3n) is 5.03. The first-order valence-corrected chi connectivity index (χ1v) is 9.06. The maximum Gasteiger partial charge on any atom is 0.118 e. The molecular formula is C17H23N3OS. The quantitative estimate of drug-likeness (QED) is 0.867. The summed E-state index contributed by atoms with van der Waals surface area (Å²) in [7, 11) is 0. The predicted octanol–water partition coefficient (Wildman–Crippen LogP) is 3.14. The number of nitrogens with zero attached hydrogens (tertiary/aromatic N) is 3. The predicted molar refractivity (Wildman–Crippen MR) is 87.8 cm³/mol. The summed E-state index contributed by atoms with van der Waals surface area (Å²) < 4.78 is 5.73. The number of hydrogen-bond donors (Lipinski definition) is 0. The van der Waals surface area contributed by atoms with Crippen LogP contribution >= 0.6 is 11.3 Å². The van der Waals surface area contributed by atoms with Crippen molar-refractivity contribution in [3.63, 3.8) is 0 Å². The lowest BCUT2D eigenvalue weighted by Crippen LogP contribution is -2.45. The minimum Gasteiger partial charge on any atom is -0.465 e. The molecule has 4 nitrogen and oxygen atoms in total. The topological polar surface area (TPSA) is 32.5 Å². The van der Waals surface area contributed by atoms with Gasteiger partial charge in [0.05, 0.1) is 13.1 Å². The molecule has 118 valence electrons. The van der Waals surface area contributed by atoms with Crippen LogP contribution in [0.15, 0.2) is 28.1 Å². The summed E-state index contributed by atoms with van der Waals surface area (Å²) in [5.74, 6) is 2.93. The lowest BCUT2D eigenvalue weighted by Gasteiger charge is -2.37. The highest BCUT2D eigenvalue weighted by Gasteiger charge is 2.38. The Bertz CT molecular complexity index is 609. The van der Waals surface area contributed by atoms with Gasteiger partial charge in [0.25, 0.3) is 0 Å². The van der Waals surface area contributed by atoms with E-state index in [0.717, 1.165) is 36.6 Å². The molecule has 5 heteroatoms. The van der Waals surface area contributed by atoms with Crippen molar-refractivity contribution in [2.75, 3.05) is 19.6 Å². The number of likely N-dealkylation sites (tertiary alicyclic amines) is 2. The molecule has 2 aliphatic heterocycles. The Morgan fingerprint density at radius 3 is 3.00 bits per heavy atom. The zero-order valence-electron chi connectivity index (χ0n) is 13.1. The second-order valence-electron chi connectivity index (χ2n) is 6.55.